The second kappa shape index (κ2) is 5.63. The van der Waals surface area contributed by atoms with Crippen molar-refractivity contribution in [2.24, 2.45) is 0 Å². The fraction of sp³-hybridized carbons (Fsp3) is 0.0588. The molecule has 0 saturated heterocycles. The average Bonchev–Trinajstić information content (AvgIpc) is 2.53. The normalized spacial score (nSPS) is 10.5. The highest BCUT2D eigenvalue weighted by Crippen LogP contribution is 2.19. The number of hydrogen-bond donors (Lipinski definition) is 2. The second-order valence-corrected chi connectivity index (χ2v) is 4.71. The summed E-state index contributed by atoms with van der Waals surface area (Å²) < 4.78 is 0. The zero-order chi connectivity index (χ0) is 14.7. The zero-order valence-electron chi connectivity index (χ0n) is 11.3. The monoisotopic (exact) mass is 278 g/mol. The summed E-state index contributed by atoms with van der Waals surface area (Å²) in [6.45, 7) is 0.405. The third-order valence-electron chi connectivity index (χ3n) is 3.36. The van der Waals surface area contributed by atoms with E-state index in [2.05, 4.69) is 10.3 Å². The highest BCUT2D eigenvalue weighted by atomic mass is 16.3. The van der Waals surface area contributed by atoms with Crippen LogP contribution in [0.4, 0.5) is 0 Å². The maximum Gasteiger partial charge on any atom is 0.255 e. The number of pyridine rings is 1. The van der Waals surface area contributed by atoms with Gasteiger partial charge in [-0.25, -0.2) is 0 Å². The Balaban J connectivity index is 1.81. The molecule has 0 spiro atoms. The van der Waals surface area contributed by atoms with Gasteiger partial charge in [0.2, 0.25) is 0 Å². The fourth-order valence-electron chi connectivity index (χ4n) is 2.30. The second-order valence-electron chi connectivity index (χ2n) is 4.71. The van der Waals surface area contributed by atoms with Crippen LogP contribution < -0.4 is 5.32 Å². The Morgan fingerprint density at radius 3 is 2.76 bits per heavy atom. The number of aromatic hydroxyl groups is 1. The van der Waals surface area contributed by atoms with Crippen LogP contribution in [-0.2, 0) is 6.54 Å². The topological polar surface area (TPSA) is 62.2 Å². The lowest BCUT2D eigenvalue weighted by molar-refractivity contribution is 0.0948. The Labute approximate surface area is 122 Å². The third-order valence-corrected chi connectivity index (χ3v) is 3.36. The van der Waals surface area contributed by atoms with Crippen LogP contribution in [0.1, 0.15) is 15.9 Å². The number of carbonyl (C=O) groups is 1. The Hall–Kier alpha value is -2.88. The first-order chi connectivity index (χ1) is 10.3. The van der Waals surface area contributed by atoms with Crippen molar-refractivity contribution >= 4 is 16.7 Å². The summed E-state index contributed by atoms with van der Waals surface area (Å²) in [5.41, 5.74) is 1.26. The summed E-state index contributed by atoms with van der Waals surface area (Å²) in [5.74, 6) is -0.434. The molecule has 0 fully saturated rings. The number of nitrogens with one attached hydrogen (secondary N) is 1. The van der Waals surface area contributed by atoms with Gasteiger partial charge in [0.05, 0.1) is 11.8 Å². The molecule has 4 heteroatoms. The summed E-state index contributed by atoms with van der Waals surface area (Å²) in [4.78, 5) is 15.8. The van der Waals surface area contributed by atoms with Gasteiger partial charge in [-0.2, -0.15) is 0 Å². The van der Waals surface area contributed by atoms with Gasteiger partial charge >= 0.3 is 0 Å². The minimum absolute atomic E-state index is 0.118. The van der Waals surface area contributed by atoms with Gasteiger partial charge in [-0.1, -0.05) is 42.5 Å². The summed E-state index contributed by atoms with van der Waals surface area (Å²) in [5, 5.41) is 14.7. The molecule has 4 nitrogen and oxygen atoms in total. The molecule has 0 unspecified atom stereocenters. The minimum atomic E-state index is -0.317. The predicted octanol–water partition coefficient (Wildman–Crippen LogP) is 2.87. The zero-order valence-corrected chi connectivity index (χ0v) is 11.3. The summed E-state index contributed by atoms with van der Waals surface area (Å²) in [6, 6.07) is 15.5. The van der Waals surface area contributed by atoms with Crippen molar-refractivity contribution in [2.45, 2.75) is 6.54 Å². The van der Waals surface area contributed by atoms with Gasteiger partial charge in [-0.3, -0.25) is 9.78 Å². The van der Waals surface area contributed by atoms with E-state index in [-0.39, 0.29) is 17.2 Å². The largest absolute Gasteiger partial charge is 0.505 e. The van der Waals surface area contributed by atoms with E-state index in [1.54, 1.807) is 0 Å². The van der Waals surface area contributed by atoms with Crippen molar-refractivity contribution in [1.29, 1.82) is 0 Å². The number of fused-ring (bicyclic) bond motifs is 1. The molecule has 0 atom stereocenters. The van der Waals surface area contributed by atoms with Gasteiger partial charge in [-0.05, 0) is 22.4 Å². The van der Waals surface area contributed by atoms with E-state index in [1.807, 2.05) is 42.5 Å². The quantitative estimate of drug-likeness (QED) is 0.774. The first-order valence-corrected chi connectivity index (χ1v) is 6.63. The van der Waals surface area contributed by atoms with Crippen LogP contribution in [0.25, 0.3) is 10.8 Å². The molecule has 0 aliphatic carbocycles. The molecule has 0 aliphatic heterocycles. The lowest BCUT2D eigenvalue weighted by atomic mass is 10.0. The Morgan fingerprint density at radius 2 is 1.90 bits per heavy atom. The van der Waals surface area contributed by atoms with Gasteiger partial charge in [0.1, 0.15) is 5.75 Å². The van der Waals surface area contributed by atoms with Crippen molar-refractivity contribution in [1.82, 2.24) is 10.3 Å². The molecule has 1 aromatic heterocycles. The average molecular weight is 278 g/mol. The molecule has 21 heavy (non-hydrogen) atoms. The molecular weight excluding hydrogens is 264 g/mol. The van der Waals surface area contributed by atoms with Crippen molar-refractivity contribution < 1.29 is 9.90 Å². The van der Waals surface area contributed by atoms with Crippen LogP contribution in [0.15, 0.2) is 60.9 Å². The standard InChI is InChI=1S/C17H14N2O2/c20-16-11-18-9-8-15(16)17(21)19-10-13-6-3-5-12-4-1-2-7-14(12)13/h1-9,11,20H,10H2,(H,19,21). The van der Waals surface area contributed by atoms with Crippen LogP contribution in [0, 0.1) is 0 Å². The number of benzene rings is 2. The van der Waals surface area contributed by atoms with Crippen LogP contribution in [0.3, 0.4) is 0 Å². The molecule has 0 radical (unpaired) electrons. The van der Waals surface area contributed by atoms with Crippen LogP contribution in [0.2, 0.25) is 0 Å². The van der Waals surface area contributed by atoms with Gasteiger partial charge < -0.3 is 10.4 Å². The van der Waals surface area contributed by atoms with E-state index in [4.69, 9.17) is 0 Å². The van der Waals surface area contributed by atoms with E-state index >= 15 is 0 Å². The number of aromatic nitrogens is 1. The van der Waals surface area contributed by atoms with Gasteiger partial charge in [0, 0.05) is 12.7 Å². The molecule has 2 N–H and O–H groups in total. The Morgan fingerprint density at radius 1 is 1.10 bits per heavy atom. The first kappa shape index (κ1) is 13.1. The highest BCUT2D eigenvalue weighted by Gasteiger charge is 2.10. The fourth-order valence-corrected chi connectivity index (χ4v) is 2.30. The summed E-state index contributed by atoms with van der Waals surface area (Å²) in [6.07, 6.45) is 2.74. The van der Waals surface area contributed by atoms with E-state index in [0.29, 0.717) is 6.54 Å². The molecule has 1 heterocycles. The van der Waals surface area contributed by atoms with Crippen molar-refractivity contribution in [3.8, 4) is 5.75 Å². The van der Waals surface area contributed by atoms with Gasteiger partial charge in [0.15, 0.2) is 0 Å². The first-order valence-electron chi connectivity index (χ1n) is 6.63. The summed E-state index contributed by atoms with van der Waals surface area (Å²) >= 11 is 0. The number of nitrogens with zero attached hydrogens (tertiary/aromatic N) is 1. The molecule has 0 saturated carbocycles. The number of amides is 1. The molecule has 104 valence electrons. The number of rotatable bonds is 3. The van der Waals surface area contributed by atoms with Crippen LogP contribution in [0.5, 0.6) is 5.75 Å². The SMILES string of the molecule is O=C(NCc1cccc2ccccc12)c1ccncc1O. The lowest BCUT2D eigenvalue weighted by Gasteiger charge is -2.09. The van der Waals surface area contributed by atoms with E-state index in [9.17, 15) is 9.90 Å². The highest BCUT2D eigenvalue weighted by molar-refractivity contribution is 5.96. The molecule has 0 aliphatic rings. The maximum absolute atomic E-state index is 12.1. The Kier molecular flexibility index (Phi) is 3.51. The molecule has 1 amide bonds. The van der Waals surface area contributed by atoms with Crippen molar-refractivity contribution in [2.75, 3.05) is 0 Å². The minimum Gasteiger partial charge on any atom is -0.505 e. The third kappa shape index (κ3) is 2.69. The van der Waals surface area contributed by atoms with Crippen LogP contribution in [-0.4, -0.2) is 16.0 Å². The molecule has 3 aromatic rings. The van der Waals surface area contributed by atoms with E-state index in [0.717, 1.165) is 16.3 Å². The lowest BCUT2D eigenvalue weighted by Crippen LogP contribution is -2.23. The number of hydrogen-bond acceptors (Lipinski definition) is 3. The molecule has 0 bridgehead atoms. The van der Waals surface area contributed by atoms with Gasteiger partial charge in [0.25, 0.3) is 5.91 Å². The van der Waals surface area contributed by atoms with E-state index < -0.39 is 0 Å². The predicted molar refractivity (Wildman–Crippen MR) is 81.0 cm³/mol. The molecule has 2 aromatic carbocycles. The van der Waals surface area contributed by atoms with Crippen LogP contribution >= 0.6 is 0 Å². The Bertz CT molecular complexity index is 794. The maximum atomic E-state index is 12.1. The summed E-state index contributed by atoms with van der Waals surface area (Å²) in [7, 11) is 0. The van der Waals surface area contributed by atoms with E-state index in [1.165, 1.54) is 18.5 Å². The van der Waals surface area contributed by atoms with Gasteiger partial charge in [-0.15, -0.1) is 0 Å². The smallest absolute Gasteiger partial charge is 0.255 e. The molecule has 3 rings (SSSR count). The van der Waals surface area contributed by atoms with Crippen molar-refractivity contribution in [3.63, 3.8) is 0 Å². The molecular formula is C17H14N2O2. The van der Waals surface area contributed by atoms with Crippen molar-refractivity contribution in [3.05, 3.63) is 72.1 Å². The number of carbonyl (C=O) groups excluding carboxylic acids is 1.